The Bertz CT molecular complexity index is 461. The monoisotopic (exact) mass is 284 g/mol. The number of carbonyl (C=O) groups is 1. The largest absolute Gasteiger partial charge is 0.481 e. The number of rotatable bonds is 6. The number of likely N-dealkylation sites (N-methyl/N-ethyl adjacent to an activating group) is 1. The zero-order valence-electron chi connectivity index (χ0n) is 11.5. The van der Waals surface area contributed by atoms with Gasteiger partial charge in [0.15, 0.2) is 5.13 Å². The summed E-state index contributed by atoms with van der Waals surface area (Å²) in [6.45, 7) is 5.65. The smallest absolute Gasteiger partial charge is 0.312 e. The van der Waals surface area contributed by atoms with Gasteiger partial charge in [0.25, 0.3) is 0 Å². The summed E-state index contributed by atoms with van der Waals surface area (Å²) in [4.78, 5) is 19.1. The average Bonchev–Trinajstić information content (AvgIpc) is 2.89. The second-order valence-corrected chi connectivity index (χ2v) is 5.89. The van der Waals surface area contributed by atoms with Crippen molar-refractivity contribution in [1.82, 2.24) is 4.98 Å². The molecule has 0 radical (unpaired) electrons. The van der Waals surface area contributed by atoms with Crippen molar-refractivity contribution in [3.63, 3.8) is 0 Å². The maximum absolute atomic E-state index is 11.2. The van der Waals surface area contributed by atoms with E-state index >= 15 is 0 Å². The maximum atomic E-state index is 11.2. The van der Waals surface area contributed by atoms with Crippen LogP contribution >= 0.6 is 11.3 Å². The van der Waals surface area contributed by atoms with Gasteiger partial charge in [-0.15, -0.1) is 11.3 Å². The molecule has 1 aromatic heterocycles. The quantitative estimate of drug-likeness (QED) is 0.867. The van der Waals surface area contributed by atoms with Gasteiger partial charge in [0.05, 0.1) is 18.3 Å². The Morgan fingerprint density at radius 3 is 3.00 bits per heavy atom. The second kappa shape index (κ2) is 5.88. The number of thiazole rings is 1. The van der Waals surface area contributed by atoms with E-state index in [0.717, 1.165) is 28.7 Å². The van der Waals surface area contributed by atoms with E-state index in [-0.39, 0.29) is 6.04 Å². The van der Waals surface area contributed by atoms with Crippen LogP contribution in [-0.2, 0) is 16.0 Å². The molecular weight excluding hydrogens is 264 g/mol. The molecule has 0 aromatic carbocycles. The molecule has 2 unspecified atom stereocenters. The number of aliphatic carboxylic acids is 1. The van der Waals surface area contributed by atoms with E-state index in [0.29, 0.717) is 13.0 Å². The highest BCUT2D eigenvalue weighted by molar-refractivity contribution is 7.15. The Labute approximate surface area is 117 Å². The average molecular weight is 284 g/mol. The van der Waals surface area contributed by atoms with Gasteiger partial charge in [0, 0.05) is 18.5 Å². The van der Waals surface area contributed by atoms with E-state index in [1.165, 1.54) is 0 Å². The molecule has 19 heavy (non-hydrogen) atoms. The van der Waals surface area contributed by atoms with Gasteiger partial charge in [-0.05, 0) is 26.7 Å². The fourth-order valence-electron chi connectivity index (χ4n) is 2.54. The predicted molar refractivity (Wildman–Crippen MR) is 75.2 cm³/mol. The lowest BCUT2D eigenvalue weighted by Crippen LogP contribution is -2.36. The molecule has 2 rings (SSSR count). The highest BCUT2D eigenvalue weighted by atomic mass is 32.1. The fourth-order valence-corrected chi connectivity index (χ4v) is 3.85. The fraction of sp³-hybridized carbons (Fsp3) is 0.692. The number of aromatic nitrogens is 1. The van der Waals surface area contributed by atoms with Crippen molar-refractivity contribution in [2.24, 2.45) is 0 Å². The SMILES string of the molecule is CCN(c1nc2c(s1)CCC2C(=O)O)C(C)COC. The van der Waals surface area contributed by atoms with Gasteiger partial charge < -0.3 is 14.7 Å². The summed E-state index contributed by atoms with van der Waals surface area (Å²) < 4.78 is 5.19. The summed E-state index contributed by atoms with van der Waals surface area (Å²) in [7, 11) is 1.69. The number of hydrogen-bond acceptors (Lipinski definition) is 5. The van der Waals surface area contributed by atoms with Crippen molar-refractivity contribution >= 4 is 22.4 Å². The maximum Gasteiger partial charge on any atom is 0.312 e. The Morgan fingerprint density at radius 1 is 1.68 bits per heavy atom. The molecule has 1 heterocycles. The van der Waals surface area contributed by atoms with Crippen LogP contribution in [0.2, 0.25) is 0 Å². The van der Waals surface area contributed by atoms with Gasteiger partial charge in [-0.25, -0.2) is 4.98 Å². The van der Waals surface area contributed by atoms with Crippen molar-refractivity contribution in [3.05, 3.63) is 10.6 Å². The van der Waals surface area contributed by atoms with Gasteiger partial charge in [-0.3, -0.25) is 4.79 Å². The van der Waals surface area contributed by atoms with Crippen LogP contribution in [0.5, 0.6) is 0 Å². The van der Waals surface area contributed by atoms with E-state index in [2.05, 4.69) is 23.7 Å². The number of aryl methyl sites for hydroxylation is 1. The molecule has 106 valence electrons. The van der Waals surface area contributed by atoms with Crippen LogP contribution in [0.3, 0.4) is 0 Å². The number of hydrogen-bond donors (Lipinski definition) is 1. The number of fused-ring (bicyclic) bond motifs is 1. The van der Waals surface area contributed by atoms with Crippen molar-refractivity contribution in [2.45, 2.75) is 38.6 Å². The van der Waals surface area contributed by atoms with Crippen LogP contribution in [0.15, 0.2) is 0 Å². The minimum atomic E-state index is -0.761. The van der Waals surface area contributed by atoms with E-state index < -0.39 is 11.9 Å². The van der Waals surface area contributed by atoms with E-state index in [9.17, 15) is 9.90 Å². The lowest BCUT2D eigenvalue weighted by Gasteiger charge is -2.27. The molecule has 6 heteroatoms. The van der Waals surface area contributed by atoms with Crippen LogP contribution in [0.4, 0.5) is 5.13 Å². The van der Waals surface area contributed by atoms with Crippen LogP contribution < -0.4 is 4.90 Å². The number of methoxy groups -OCH3 is 1. The topological polar surface area (TPSA) is 62.7 Å². The van der Waals surface area contributed by atoms with E-state index in [1.54, 1.807) is 18.4 Å². The highest BCUT2D eigenvalue weighted by Gasteiger charge is 2.33. The molecule has 1 N–H and O–H groups in total. The predicted octanol–water partition coefficient (Wildman–Crippen LogP) is 2.12. The minimum absolute atomic E-state index is 0.240. The first-order valence-electron chi connectivity index (χ1n) is 6.56. The number of nitrogens with zero attached hydrogens (tertiary/aromatic N) is 2. The number of carboxylic acid groups (broad SMARTS) is 1. The summed E-state index contributed by atoms with van der Waals surface area (Å²) in [5, 5.41) is 10.1. The normalized spacial score (nSPS) is 19.2. The molecule has 1 aromatic rings. The summed E-state index contributed by atoms with van der Waals surface area (Å²) >= 11 is 1.63. The summed E-state index contributed by atoms with van der Waals surface area (Å²) in [6, 6.07) is 0.240. The lowest BCUT2D eigenvalue weighted by molar-refractivity contribution is -0.138. The van der Waals surface area contributed by atoms with Gasteiger partial charge >= 0.3 is 5.97 Å². The van der Waals surface area contributed by atoms with Crippen molar-refractivity contribution < 1.29 is 14.6 Å². The van der Waals surface area contributed by atoms with E-state index in [4.69, 9.17) is 4.74 Å². The van der Waals surface area contributed by atoms with Gasteiger partial charge in [0.2, 0.25) is 0 Å². The molecule has 0 saturated carbocycles. The first-order valence-corrected chi connectivity index (χ1v) is 7.38. The zero-order chi connectivity index (χ0) is 14.0. The molecule has 1 aliphatic carbocycles. The molecule has 2 atom stereocenters. The molecule has 0 fully saturated rings. The number of ether oxygens (including phenoxy) is 1. The van der Waals surface area contributed by atoms with Gasteiger partial charge in [-0.1, -0.05) is 0 Å². The lowest BCUT2D eigenvalue weighted by atomic mass is 10.1. The Kier molecular flexibility index (Phi) is 4.42. The zero-order valence-corrected chi connectivity index (χ0v) is 12.4. The van der Waals surface area contributed by atoms with Gasteiger partial charge in [-0.2, -0.15) is 0 Å². The standard InChI is InChI=1S/C13H20N2O3S/c1-4-15(8(2)7-18-3)13-14-11-9(12(16)17)5-6-10(11)19-13/h8-9H,4-7H2,1-3H3,(H,16,17). The summed E-state index contributed by atoms with van der Waals surface area (Å²) in [5.41, 5.74) is 0.774. The van der Waals surface area contributed by atoms with Crippen LogP contribution in [0.1, 0.15) is 36.8 Å². The summed E-state index contributed by atoms with van der Waals surface area (Å²) in [6.07, 6.45) is 1.52. The van der Waals surface area contributed by atoms with Crippen molar-refractivity contribution in [1.29, 1.82) is 0 Å². The summed E-state index contributed by atoms with van der Waals surface area (Å²) in [5.74, 6) is -1.18. The molecule has 0 bridgehead atoms. The molecule has 0 spiro atoms. The van der Waals surface area contributed by atoms with Crippen LogP contribution in [0, 0.1) is 0 Å². The molecule has 1 aliphatic rings. The minimum Gasteiger partial charge on any atom is -0.481 e. The van der Waals surface area contributed by atoms with Crippen molar-refractivity contribution in [3.8, 4) is 0 Å². The third kappa shape index (κ3) is 2.74. The third-order valence-electron chi connectivity index (χ3n) is 3.53. The van der Waals surface area contributed by atoms with E-state index in [1.807, 2.05) is 0 Å². The second-order valence-electron chi connectivity index (χ2n) is 4.82. The van der Waals surface area contributed by atoms with Gasteiger partial charge in [0.1, 0.15) is 5.92 Å². The molecule has 5 nitrogen and oxygen atoms in total. The molecule has 0 aliphatic heterocycles. The Morgan fingerprint density at radius 2 is 2.42 bits per heavy atom. The molecular formula is C13H20N2O3S. The van der Waals surface area contributed by atoms with Crippen LogP contribution in [0.25, 0.3) is 0 Å². The first-order chi connectivity index (χ1) is 9.08. The Hall–Kier alpha value is -1.14. The van der Waals surface area contributed by atoms with Crippen LogP contribution in [-0.4, -0.2) is 42.4 Å². The third-order valence-corrected chi connectivity index (χ3v) is 4.70. The highest BCUT2D eigenvalue weighted by Crippen LogP contribution is 2.39. The number of anilines is 1. The number of carboxylic acids is 1. The molecule has 0 amide bonds. The Balaban J connectivity index is 2.22. The first kappa shape index (κ1) is 14.3. The van der Waals surface area contributed by atoms with Crippen molar-refractivity contribution in [2.75, 3.05) is 25.2 Å². The molecule has 0 saturated heterocycles.